The zero-order valence-corrected chi connectivity index (χ0v) is 17.2. The highest BCUT2D eigenvalue weighted by Gasteiger charge is 2.29. The predicted molar refractivity (Wildman–Crippen MR) is 106 cm³/mol. The van der Waals surface area contributed by atoms with Gasteiger partial charge in [-0.3, -0.25) is 9.59 Å². The van der Waals surface area contributed by atoms with Gasteiger partial charge in [0.2, 0.25) is 5.91 Å². The summed E-state index contributed by atoms with van der Waals surface area (Å²) in [5, 5.41) is 5.43. The minimum atomic E-state index is -0.802. The Morgan fingerprint density at radius 3 is 2.33 bits per heavy atom. The molecule has 0 radical (unpaired) electrons. The van der Waals surface area contributed by atoms with Gasteiger partial charge in [-0.2, -0.15) is 11.8 Å². The molecule has 1 rings (SSSR count). The third kappa shape index (κ3) is 6.78. The zero-order chi connectivity index (χ0) is 20.4. The van der Waals surface area contributed by atoms with Crippen LogP contribution in [0.5, 0.6) is 5.75 Å². The fraction of sp³-hybridized carbons (Fsp3) is 0.526. The first-order valence-electron chi connectivity index (χ1n) is 8.66. The van der Waals surface area contributed by atoms with Gasteiger partial charge in [-0.1, -0.05) is 26.0 Å². The number of benzene rings is 1. The third-order valence-corrected chi connectivity index (χ3v) is 4.64. The number of hydrogen-bond donors (Lipinski definition) is 2. The maximum Gasteiger partial charge on any atom is 0.328 e. The van der Waals surface area contributed by atoms with Gasteiger partial charge >= 0.3 is 5.97 Å². The van der Waals surface area contributed by atoms with Crippen LogP contribution in [0.1, 0.15) is 30.6 Å². The van der Waals surface area contributed by atoms with E-state index in [1.165, 1.54) is 14.2 Å². The molecule has 1 aromatic rings. The minimum Gasteiger partial charge on any atom is -0.496 e. The minimum absolute atomic E-state index is 0.178. The molecule has 0 aromatic heterocycles. The van der Waals surface area contributed by atoms with E-state index in [1.54, 1.807) is 36.0 Å². The monoisotopic (exact) mass is 396 g/mol. The lowest BCUT2D eigenvalue weighted by atomic mass is 10.0. The summed E-state index contributed by atoms with van der Waals surface area (Å²) in [4.78, 5) is 37.3. The molecule has 0 fully saturated rings. The number of amides is 2. The Balaban J connectivity index is 2.91. The van der Waals surface area contributed by atoms with Gasteiger partial charge in [0.15, 0.2) is 0 Å². The molecule has 0 saturated heterocycles. The molecule has 0 saturated carbocycles. The fourth-order valence-corrected chi connectivity index (χ4v) is 2.95. The van der Waals surface area contributed by atoms with Gasteiger partial charge in [0, 0.05) is 0 Å². The van der Waals surface area contributed by atoms with Crippen molar-refractivity contribution in [3.05, 3.63) is 29.8 Å². The summed E-state index contributed by atoms with van der Waals surface area (Å²) >= 11 is 1.57. The molecule has 0 aliphatic carbocycles. The van der Waals surface area contributed by atoms with Crippen LogP contribution < -0.4 is 15.4 Å². The molecule has 0 spiro atoms. The van der Waals surface area contributed by atoms with Gasteiger partial charge in [0.25, 0.3) is 5.91 Å². The first-order valence-corrected chi connectivity index (χ1v) is 10.1. The Hall–Kier alpha value is -2.22. The normalized spacial score (nSPS) is 12.8. The summed E-state index contributed by atoms with van der Waals surface area (Å²) in [6, 6.07) is 5.23. The van der Waals surface area contributed by atoms with Crippen molar-refractivity contribution in [1.82, 2.24) is 10.6 Å². The van der Waals surface area contributed by atoms with Crippen molar-refractivity contribution in [2.75, 3.05) is 26.2 Å². The van der Waals surface area contributed by atoms with Crippen LogP contribution in [0, 0.1) is 5.92 Å². The van der Waals surface area contributed by atoms with E-state index in [2.05, 4.69) is 10.6 Å². The second kappa shape index (κ2) is 11.5. The topological polar surface area (TPSA) is 93.7 Å². The van der Waals surface area contributed by atoms with Crippen molar-refractivity contribution in [2.24, 2.45) is 5.92 Å². The number of ether oxygens (including phenoxy) is 2. The highest BCUT2D eigenvalue weighted by molar-refractivity contribution is 7.98. The predicted octanol–water partition coefficient (Wildman–Crippen LogP) is 1.86. The van der Waals surface area contributed by atoms with E-state index < -0.39 is 29.9 Å². The van der Waals surface area contributed by atoms with Gasteiger partial charge < -0.3 is 20.1 Å². The molecule has 1 aromatic carbocycles. The summed E-state index contributed by atoms with van der Waals surface area (Å²) in [5.41, 5.74) is 0.338. The number of nitrogens with one attached hydrogen (secondary N) is 2. The lowest BCUT2D eigenvalue weighted by Gasteiger charge is -2.25. The number of para-hydroxylation sites is 1. The Labute approximate surface area is 164 Å². The molecular weight excluding hydrogens is 368 g/mol. The molecule has 2 amide bonds. The maximum absolute atomic E-state index is 12.7. The van der Waals surface area contributed by atoms with E-state index in [0.717, 1.165) is 0 Å². The molecule has 0 aliphatic heterocycles. The van der Waals surface area contributed by atoms with Crippen LogP contribution in [-0.2, 0) is 14.3 Å². The van der Waals surface area contributed by atoms with Crippen molar-refractivity contribution in [2.45, 2.75) is 32.4 Å². The van der Waals surface area contributed by atoms with E-state index in [4.69, 9.17) is 9.47 Å². The highest BCUT2D eigenvalue weighted by Crippen LogP contribution is 2.17. The Morgan fingerprint density at radius 2 is 1.78 bits per heavy atom. The second-order valence-electron chi connectivity index (χ2n) is 6.26. The van der Waals surface area contributed by atoms with Crippen LogP contribution in [0.4, 0.5) is 0 Å². The number of rotatable bonds is 10. The van der Waals surface area contributed by atoms with Crippen LogP contribution in [0.2, 0.25) is 0 Å². The van der Waals surface area contributed by atoms with Crippen LogP contribution in [-0.4, -0.2) is 56.1 Å². The number of carbonyl (C=O) groups is 3. The molecule has 0 bridgehead atoms. The van der Waals surface area contributed by atoms with Gasteiger partial charge in [-0.25, -0.2) is 4.79 Å². The van der Waals surface area contributed by atoms with E-state index in [-0.39, 0.29) is 5.92 Å². The third-order valence-electron chi connectivity index (χ3n) is 4.00. The van der Waals surface area contributed by atoms with Gasteiger partial charge in [-0.05, 0) is 36.5 Å². The molecule has 0 unspecified atom stereocenters. The summed E-state index contributed by atoms with van der Waals surface area (Å²) in [6.45, 7) is 3.64. The smallest absolute Gasteiger partial charge is 0.328 e. The van der Waals surface area contributed by atoms with Crippen molar-refractivity contribution in [3.8, 4) is 5.75 Å². The molecule has 2 N–H and O–H groups in total. The first kappa shape index (κ1) is 22.8. The number of thioether (sulfide) groups is 1. The van der Waals surface area contributed by atoms with Crippen LogP contribution in [0.25, 0.3) is 0 Å². The molecule has 0 aliphatic rings. The van der Waals surface area contributed by atoms with Crippen molar-refractivity contribution < 1.29 is 23.9 Å². The molecule has 8 heteroatoms. The standard InChI is InChI=1S/C19H28N2O5S/c1-12(2)16(18(23)20-14(10-11-27-5)19(24)26-4)21-17(22)13-8-6-7-9-15(13)25-3/h6-9,12,14,16H,10-11H2,1-5H3,(H,20,23)(H,21,22)/t14-,16+/m1/s1. The van der Waals surface area contributed by atoms with Gasteiger partial charge in [0.05, 0.1) is 19.8 Å². The van der Waals surface area contributed by atoms with E-state index in [1.807, 2.05) is 20.1 Å². The maximum atomic E-state index is 12.7. The van der Waals surface area contributed by atoms with E-state index in [9.17, 15) is 14.4 Å². The molecule has 27 heavy (non-hydrogen) atoms. The fourth-order valence-electron chi connectivity index (χ4n) is 2.47. The summed E-state index contributed by atoms with van der Waals surface area (Å²) in [6.07, 6.45) is 2.37. The Morgan fingerprint density at radius 1 is 1.11 bits per heavy atom. The van der Waals surface area contributed by atoms with Crippen LogP contribution in [0.15, 0.2) is 24.3 Å². The summed E-state index contributed by atoms with van der Waals surface area (Å²) in [5.74, 6) is -0.409. The van der Waals surface area contributed by atoms with Gasteiger partial charge in [0.1, 0.15) is 17.8 Å². The molecule has 2 atom stereocenters. The quantitative estimate of drug-likeness (QED) is 0.587. The van der Waals surface area contributed by atoms with Crippen molar-refractivity contribution in [1.29, 1.82) is 0 Å². The number of esters is 1. The molecule has 7 nitrogen and oxygen atoms in total. The zero-order valence-electron chi connectivity index (χ0n) is 16.4. The Bertz CT molecular complexity index is 651. The summed E-state index contributed by atoms with van der Waals surface area (Å²) < 4.78 is 9.96. The average Bonchev–Trinajstić information content (AvgIpc) is 2.67. The van der Waals surface area contributed by atoms with Crippen LogP contribution in [0.3, 0.4) is 0 Å². The number of methoxy groups -OCH3 is 2. The van der Waals surface area contributed by atoms with Crippen molar-refractivity contribution >= 4 is 29.5 Å². The first-order chi connectivity index (χ1) is 12.8. The summed E-state index contributed by atoms with van der Waals surface area (Å²) in [7, 11) is 2.76. The number of carbonyl (C=O) groups excluding carboxylic acids is 3. The average molecular weight is 397 g/mol. The SMILES string of the molecule is COC(=O)[C@@H](CCSC)NC(=O)[C@@H](NC(=O)c1ccccc1OC)C(C)C. The molecule has 0 heterocycles. The van der Waals surface area contributed by atoms with Crippen LogP contribution >= 0.6 is 11.8 Å². The van der Waals surface area contributed by atoms with Crippen molar-refractivity contribution in [3.63, 3.8) is 0 Å². The highest BCUT2D eigenvalue weighted by atomic mass is 32.2. The van der Waals surface area contributed by atoms with E-state index in [0.29, 0.717) is 23.5 Å². The molecular formula is C19H28N2O5S. The lowest BCUT2D eigenvalue weighted by molar-refractivity contribution is -0.145. The van der Waals surface area contributed by atoms with E-state index >= 15 is 0 Å². The molecule has 150 valence electrons. The van der Waals surface area contributed by atoms with Gasteiger partial charge in [-0.15, -0.1) is 0 Å². The lowest BCUT2D eigenvalue weighted by Crippen LogP contribution is -2.54. The second-order valence-corrected chi connectivity index (χ2v) is 7.25. The largest absolute Gasteiger partial charge is 0.496 e. The Kier molecular flexibility index (Phi) is 9.71. The number of hydrogen-bond acceptors (Lipinski definition) is 6.